The van der Waals surface area contributed by atoms with Gasteiger partial charge in [-0.05, 0) is 18.2 Å². The van der Waals surface area contributed by atoms with Crippen LogP contribution >= 0.6 is 11.6 Å². The second-order valence-corrected chi connectivity index (χ2v) is 5.01. The predicted molar refractivity (Wildman–Crippen MR) is 54.4 cm³/mol. The molecule has 0 aliphatic rings. The van der Waals surface area contributed by atoms with Crippen molar-refractivity contribution in [1.82, 2.24) is 0 Å². The molecule has 0 bridgehead atoms. The summed E-state index contributed by atoms with van der Waals surface area (Å²) in [4.78, 5) is -0.304. The molecule has 0 heterocycles. The van der Waals surface area contributed by atoms with Gasteiger partial charge in [-0.2, -0.15) is 13.2 Å². The lowest BCUT2D eigenvalue weighted by Crippen LogP contribution is -2.19. The third kappa shape index (κ3) is 4.41. The van der Waals surface area contributed by atoms with Crippen molar-refractivity contribution in [3.8, 4) is 5.75 Å². The molecule has 1 aromatic carbocycles. The van der Waals surface area contributed by atoms with E-state index in [-0.39, 0.29) is 15.7 Å². The molecule has 1 aromatic rings. The van der Waals surface area contributed by atoms with E-state index in [1.807, 2.05) is 0 Å². The Morgan fingerprint density at radius 1 is 1.35 bits per heavy atom. The Labute approximate surface area is 100 Å². The molecule has 0 aliphatic heterocycles. The number of halogens is 4. The van der Waals surface area contributed by atoms with Gasteiger partial charge < -0.3 is 4.74 Å². The van der Waals surface area contributed by atoms with E-state index < -0.39 is 22.8 Å². The number of sulfonamides is 1. The minimum atomic E-state index is -4.50. The number of hydrogen-bond acceptors (Lipinski definition) is 3. The Balaban J connectivity index is 2.92. The summed E-state index contributed by atoms with van der Waals surface area (Å²) < 4.78 is 61.8. The van der Waals surface area contributed by atoms with Crippen molar-refractivity contribution in [2.45, 2.75) is 11.1 Å². The topological polar surface area (TPSA) is 69.4 Å². The van der Waals surface area contributed by atoms with Gasteiger partial charge in [-0.3, -0.25) is 0 Å². The summed E-state index contributed by atoms with van der Waals surface area (Å²) in [5.74, 6) is -0.267. The third-order valence-electron chi connectivity index (χ3n) is 1.62. The van der Waals surface area contributed by atoms with Crippen molar-refractivity contribution in [3.05, 3.63) is 23.2 Å². The molecule has 2 N–H and O–H groups in total. The Morgan fingerprint density at radius 2 is 1.94 bits per heavy atom. The highest BCUT2D eigenvalue weighted by Crippen LogP contribution is 2.28. The van der Waals surface area contributed by atoms with Gasteiger partial charge in [-0.1, -0.05) is 11.6 Å². The number of primary sulfonamides is 1. The monoisotopic (exact) mass is 289 g/mol. The fourth-order valence-corrected chi connectivity index (χ4v) is 1.77. The van der Waals surface area contributed by atoms with Crippen LogP contribution in [0.1, 0.15) is 0 Å². The molecule has 4 nitrogen and oxygen atoms in total. The quantitative estimate of drug-likeness (QED) is 0.924. The van der Waals surface area contributed by atoms with Gasteiger partial charge in [0.1, 0.15) is 5.75 Å². The van der Waals surface area contributed by atoms with E-state index in [9.17, 15) is 21.6 Å². The summed E-state index contributed by atoms with van der Waals surface area (Å²) in [6.45, 7) is -1.51. The van der Waals surface area contributed by atoms with Crippen LogP contribution in [0.15, 0.2) is 23.1 Å². The van der Waals surface area contributed by atoms with Gasteiger partial charge in [-0.15, -0.1) is 0 Å². The van der Waals surface area contributed by atoms with Crippen molar-refractivity contribution < 1.29 is 26.3 Å². The number of hydrogen-bond donors (Lipinski definition) is 1. The lowest BCUT2D eigenvalue weighted by molar-refractivity contribution is -0.153. The smallest absolute Gasteiger partial charge is 0.422 e. The molecule has 0 atom stereocenters. The first-order chi connectivity index (χ1) is 7.59. The number of rotatable bonds is 3. The molecule has 0 amide bonds. The molecule has 1 rings (SSSR count). The second-order valence-electron chi connectivity index (χ2n) is 3.04. The van der Waals surface area contributed by atoms with E-state index >= 15 is 0 Å². The van der Waals surface area contributed by atoms with Crippen LogP contribution in [0.3, 0.4) is 0 Å². The van der Waals surface area contributed by atoms with Crippen LogP contribution in [0.2, 0.25) is 5.02 Å². The summed E-state index contributed by atoms with van der Waals surface area (Å²) in [6, 6.07) is 2.93. The molecule has 9 heteroatoms. The van der Waals surface area contributed by atoms with Crippen LogP contribution in [0, 0.1) is 0 Å². The van der Waals surface area contributed by atoms with Crippen molar-refractivity contribution >= 4 is 21.6 Å². The normalized spacial score (nSPS) is 12.5. The average Bonchev–Trinajstić information content (AvgIpc) is 2.12. The molecule has 0 aromatic heterocycles. The number of ether oxygens (including phenoxy) is 1. The van der Waals surface area contributed by atoms with Crippen molar-refractivity contribution in [2.24, 2.45) is 5.14 Å². The molecule has 0 aliphatic carbocycles. The van der Waals surface area contributed by atoms with Crippen molar-refractivity contribution in [3.63, 3.8) is 0 Å². The van der Waals surface area contributed by atoms with Crippen LogP contribution in [0.5, 0.6) is 5.75 Å². The molecule has 0 saturated heterocycles. The fourth-order valence-electron chi connectivity index (χ4n) is 0.935. The van der Waals surface area contributed by atoms with Crippen LogP contribution in [0.4, 0.5) is 13.2 Å². The highest BCUT2D eigenvalue weighted by molar-refractivity contribution is 7.89. The zero-order chi connectivity index (χ0) is 13.3. The van der Waals surface area contributed by atoms with Gasteiger partial charge in [0, 0.05) is 0 Å². The lowest BCUT2D eigenvalue weighted by Gasteiger charge is -2.10. The lowest BCUT2D eigenvalue weighted by atomic mass is 10.3. The van der Waals surface area contributed by atoms with Gasteiger partial charge in [0.25, 0.3) is 0 Å². The first kappa shape index (κ1) is 14.1. The van der Waals surface area contributed by atoms with E-state index in [4.69, 9.17) is 16.7 Å². The molecule has 96 valence electrons. The van der Waals surface area contributed by atoms with Crippen molar-refractivity contribution in [2.75, 3.05) is 6.61 Å². The van der Waals surface area contributed by atoms with Gasteiger partial charge >= 0.3 is 6.18 Å². The maximum absolute atomic E-state index is 11.9. The van der Waals surface area contributed by atoms with E-state index in [1.165, 1.54) is 0 Å². The van der Waals surface area contributed by atoms with Gasteiger partial charge in [0.2, 0.25) is 10.0 Å². The van der Waals surface area contributed by atoms with Gasteiger partial charge in [0.05, 0.1) is 9.92 Å². The van der Waals surface area contributed by atoms with E-state index in [0.717, 1.165) is 18.2 Å². The van der Waals surface area contributed by atoms with E-state index in [0.29, 0.717) is 0 Å². The summed E-state index contributed by atoms with van der Waals surface area (Å²) in [7, 11) is -3.95. The zero-order valence-corrected chi connectivity index (χ0v) is 9.73. The number of benzene rings is 1. The van der Waals surface area contributed by atoms with Crippen LogP contribution in [-0.2, 0) is 10.0 Å². The molecular formula is C8H7ClF3NO3S. The molecule has 0 spiro atoms. The highest BCUT2D eigenvalue weighted by Gasteiger charge is 2.28. The molecule has 0 fully saturated rings. The molecule has 0 radical (unpaired) electrons. The summed E-state index contributed by atoms with van der Waals surface area (Å²) in [5.41, 5.74) is 0. The Hall–Kier alpha value is -0.990. The average molecular weight is 290 g/mol. The first-order valence-electron chi connectivity index (χ1n) is 4.11. The summed E-state index contributed by atoms with van der Waals surface area (Å²) >= 11 is 5.55. The van der Waals surface area contributed by atoms with Crippen molar-refractivity contribution in [1.29, 1.82) is 0 Å². The first-order valence-corrected chi connectivity index (χ1v) is 6.04. The predicted octanol–water partition coefficient (Wildman–Crippen LogP) is 1.93. The second kappa shape index (κ2) is 4.71. The molecule has 17 heavy (non-hydrogen) atoms. The standard InChI is InChI=1S/C8H7ClF3NO3S/c9-6-3-5(17(13,14)15)1-2-7(6)16-4-8(10,11)12/h1-3H,4H2,(H2,13,14,15). The summed E-state index contributed by atoms with van der Waals surface area (Å²) in [6.07, 6.45) is -4.50. The van der Waals surface area contributed by atoms with E-state index in [1.54, 1.807) is 0 Å². The van der Waals surface area contributed by atoms with Gasteiger partial charge in [0.15, 0.2) is 6.61 Å². The molecular weight excluding hydrogens is 283 g/mol. The van der Waals surface area contributed by atoms with E-state index in [2.05, 4.69) is 4.74 Å². The molecule has 0 unspecified atom stereocenters. The highest BCUT2D eigenvalue weighted by atomic mass is 35.5. The van der Waals surface area contributed by atoms with Crippen LogP contribution in [0.25, 0.3) is 0 Å². The number of nitrogens with two attached hydrogens (primary N) is 1. The molecule has 0 saturated carbocycles. The fraction of sp³-hybridized carbons (Fsp3) is 0.250. The zero-order valence-electron chi connectivity index (χ0n) is 8.16. The minimum Gasteiger partial charge on any atom is -0.483 e. The summed E-state index contributed by atoms with van der Waals surface area (Å²) in [5, 5.41) is 4.55. The minimum absolute atomic E-state index is 0.263. The Bertz CT molecular complexity index is 515. The third-order valence-corrected chi connectivity index (χ3v) is 2.83. The Morgan fingerprint density at radius 3 is 2.35 bits per heavy atom. The maximum Gasteiger partial charge on any atom is 0.422 e. The van der Waals surface area contributed by atoms with Crippen LogP contribution < -0.4 is 9.88 Å². The largest absolute Gasteiger partial charge is 0.483 e. The SMILES string of the molecule is NS(=O)(=O)c1ccc(OCC(F)(F)F)c(Cl)c1. The maximum atomic E-state index is 11.9. The van der Waals surface area contributed by atoms with Crippen LogP contribution in [-0.4, -0.2) is 21.2 Å². The number of alkyl halides is 3. The Kier molecular flexibility index (Phi) is 3.90. The van der Waals surface area contributed by atoms with Gasteiger partial charge in [-0.25, -0.2) is 13.6 Å².